The van der Waals surface area contributed by atoms with Gasteiger partial charge in [-0.2, -0.15) is 0 Å². The summed E-state index contributed by atoms with van der Waals surface area (Å²) in [5.74, 6) is 1.53. The van der Waals surface area contributed by atoms with Crippen LogP contribution in [0.3, 0.4) is 0 Å². The topological polar surface area (TPSA) is 64.1 Å². The molecule has 1 saturated heterocycles. The van der Waals surface area contributed by atoms with E-state index in [2.05, 4.69) is 15.3 Å². The van der Waals surface area contributed by atoms with Crippen molar-refractivity contribution < 1.29 is 9.53 Å². The van der Waals surface area contributed by atoms with Gasteiger partial charge in [-0.25, -0.2) is 9.97 Å². The molecule has 0 radical (unpaired) electrons. The zero-order valence-corrected chi connectivity index (χ0v) is 11.9. The van der Waals surface area contributed by atoms with E-state index in [9.17, 15) is 4.79 Å². The molecule has 0 amide bonds. The number of Topliss-reactive ketones (excluding diaryl/α,β-unsaturated/α-hetero) is 1. The van der Waals surface area contributed by atoms with Crippen molar-refractivity contribution in [3.63, 3.8) is 0 Å². The minimum Gasteiger partial charge on any atom is -0.488 e. The Morgan fingerprint density at radius 3 is 2.48 bits per heavy atom. The van der Waals surface area contributed by atoms with Crippen molar-refractivity contribution in [2.24, 2.45) is 0 Å². The molecule has 1 aliphatic rings. The molecule has 1 aromatic heterocycles. The van der Waals surface area contributed by atoms with Crippen LogP contribution >= 0.6 is 0 Å². The van der Waals surface area contributed by atoms with Gasteiger partial charge in [0.2, 0.25) is 0 Å². The van der Waals surface area contributed by atoms with Crippen LogP contribution in [0.4, 0.5) is 0 Å². The fourth-order valence-corrected chi connectivity index (χ4v) is 2.05. The second-order valence-corrected chi connectivity index (χ2v) is 5.16. The van der Waals surface area contributed by atoms with E-state index in [4.69, 9.17) is 4.74 Å². The van der Waals surface area contributed by atoms with Gasteiger partial charge in [0.1, 0.15) is 17.7 Å². The summed E-state index contributed by atoms with van der Waals surface area (Å²) in [6.07, 6.45) is 3.76. The molecule has 0 unspecified atom stereocenters. The Bertz CT molecular complexity index is 619. The molecule has 0 aliphatic carbocycles. The van der Waals surface area contributed by atoms with Crippen LogP contribution in [0.5, 0.6) is 5.75 Å². The normalized spacial score (nSPS) is 14.5. The van der Waals surface area contributed by atoms with Gasteiger partial charge in [0.05, 0.1) is 5.56 Å². The smallest absolute Gasteiger partial charge is 0.170 e. The van der Waals surface area contributed by atoms with Crippen LogP contribution in [0.15, 0.2) is 36.7 Å². The molecular weight excluding hydrogens is 266 g/mol. The molecule has 3 rings (SSSR count). The number of aryl methyl sites for hydroxylation is 1. The maximum Gasteiger partial charge on any atom is 0.170 e. The van der Waals surface area contributed by atoms with Crippen molar-refractivity contribution in [2.75, 3.05) is 13.1 Å². The van der Waals surface area contributed by atoms with Crippen molar-refractivity contribution in [1.29, 1.82) is 0 Å². The number of aromatic nitrogens is 2. The molecule has 1 aromatic carbocycles. The van der Waals surface area contributed by atoms with Gasteiger partial charge in [-0.15, -0.1) is 0 Å². The summed E-state index contributed by atoms with van der Waals surface area (Å²) in [6, 6.07) is 7.67. The molecule has 0 atom stereocenters. The Morgan fingerprint density at radius 2 is 1.90 bits per heavy atom. The lowest BCUT2D eigenvalue weighted by Gasteiger charge is -2.27. The Morgan fingerprint density at radius 1 is 1.24 bits per heavy atom. The summed E-state index contributed by atoms with van der Waals surface area (Å²) >= 11 is 0. The minimum atomic E-state index is 0.0202. The number of hydrogen-bond acceptors (Lipinski definition) is 5. The monoisotopic (exact) mass is 283 g/mol. The first-order chi connectivity index (χ1) is 10.2. The second kappa shape index (κ2) is 6.01. The maximum absolute atomic E-state index is 12.1. The maximum atomic E-state index is 12.1. The van der Waals surface area contributed by atoms with E-state index in [1.165, 1.54) is 0 Å². The molecule has 1 fully saturated rings. The predicted molar refractivity (Wildman–Crippen MR) is 78.5 cm³/mol. The van der Waals surface area contributed by atoms with Crippen LogP contribution in [0, 0.1) is 6.92 Å². The van der Waals surface area contributed by atoms with Crippen molar-refractivity contribution in [3.05, 3.63) is 53.6 Å². The zero-order valence-electron chi connectivity index (χ0n) is 11.9. The van der Waals surface area contributed by atoms with E-state index in [-0.39, 0.29) is 11.9 Å². The van der Waals surface area contributed by atoms with E-state index in [0.717, 1.165) is 24.4 Å². The van der Waals surface area contributed by atoms with Crippen LogP contribution in [-0.2, 0) is 6.42 Å². The Hall–Kier alpha value is -2.27. The molecular formula is C16H17N3O2. The van der Waals surface area contributed by atoms with Gasteiger partial charge in [-0.05, 0) is 24.6 Å². The molecule has 5 heteroatoms. The third-order valence-electron chi connectivity index (χ3n) is 3.44. The summed E-state index contributed by atoms with van der Waals surface area (Å²) in [4.78, 5) is 20.2. The largest absolute Gasteiger partial charge is 0.488 e. The van der Waals surface area contributed by atoms with Crippen LogP contribution in [0.2, 0.25) is 0 Å². The number of hydrogen-bond donors (Lipinski definition) is 1. The Labute approximate surface area is 123 Å². The number of rotatable bonds is 5. The average molecular weight is 283 g/mol. The number of carbonyl (C=O) groups is 1. The van der Waals surface area contributed by atoms with E-state index in [0.29, 0.717) is 17.8 Å². The molecule has 1 N–H and O–H groups in total. The fourth-order valence-electron chi connectivity index (χ4n) is 2.05. The van der Waals surface area contributed by atoms with E-state index in [1.54, 1.807) is 19.3 Å². The van der Waals surface area contributed by atoms with E-state index in [1.807, 2.05) is 24.3 Å². The standard InChI is InChI=1S/C16H17N3O2/c1-11-18-7-13(8-19-11)16(20)6-12-2-4-14(5-3-12)21-15-9-17-10-15/h2-5,7-8,15,17H,6,9-10H2,1H3. The number of benzene rings is 1. The lowest BCUT2D eigenvalue weighted by atomic mass is 10.1. The summed E-state index contributed by atoms with van der Waals surface area (Å²) < 4.78 is 5.74. The van der Waals surface area contributed by atoms with Crippen molar-refractivity contribution in [2.45, 2.75) is 19.4 Å². The minimum absolute atomic E-state index is 0.0202. The Kier molecular flexibility index (Phi) is 3.92. The number of nitrogens with one attached hydrogen (secondary N) is 1. The summed E-state index contributed by atoms with van der Waals surface area (Å²) in [6.45, 7) is 3.59. The molecule has 0 bridgehead atoms. The molecule has 108 valence electrons. The highest BCUT2D eigenvalue weighted by Gasteiger charge is 2.18. The molecule has 21 heavy (non-hydrogen) atoms. The third-order valence-corrected chi connectivity index (χ3v) is 3.44. The fraction of sp³-hybridized carbons (Fsp3) is 0.312. The van der Waals surface area contributed by atoms with Gasteiger partial charge in [0.25, 0.3) is 0 Å². The first kappa shape index (κ1) is 13.7. The predicted octanol–water partition coefficient (Wildman–Crippen LogP) is 1.56. The van der Waals surface area contributed by atoms with Crippen molar-refractivity contribution >= 4 is 5.78 Å². The lowest BCUT2D eigenvalue weighted by Crippen LogP contribution is -2.50. The molecule has 0 saturated carbocycles. The third kappa shape index (κ3) is 3.44. The van der Waals surface area contributed by atoms with E-state index < -0.39 is 0 Å². The highest BCUT2D eigenvalue weighted by molar-refractivity contribution is 5.96. The molecule has 1 aliphatic heterocycles. The van der Waals surface area contributed by atoms with Crippen molar-refractivity contribution in [1.82, 2.24) is 15.3 Å². The SMILES string of the molecule is Cc1ncc(C(=O)Cc2ccc(OC3CNC3)cc2)cn1. The second-order valence-electron chi connectivity index (χ2n) is 5.16. The van der Waals surface area contributed by atoms with Gasteiger partial charge >= 0.3 is 0 Å². The first-order valence-corrected chi connectivity index (χ1v) is 6.99. The van der Waals surface area contributed by atoms with Crippen LogP contribution in [0.25, 0.3) is 0 Å². The Balaban J connectivity index is 1.61. The number of carbonyl (C=O) groups excluding carboxylic acids is 1. The summed E-state index contributed by atoms with van der Waals surface area (Å²) in [5, 5.41) is 3.16. The van der Waals surface area contributed by atoms with Crippen LogP contribution < -0.4 is 10.1 Å². The van der Waals surface area contributed by atoms with Gasteiger partial charge in [-0.3, -0.25) is 4.79 Å². The summed E-state index contributed by atoms with van der Waals surface area (Å²) in [5.41, 5.74) is 1.50. The van der Waals surface area contributed by atoms with Gasteiger partial charge < -0.3 is 10.1 Å². The lowest BCUT2D eigenvalue weighted by molar-refractivity contribution is 0.0992. The highest BCUT2D eigenvalue weighted by Crippen LogP contribution is 2.16. The van der Waals surface area contributed by atoms with Gasteiger partial charge in [0.15, 0.2) is 5.78 Å². The van der Waals surface area contributed by atoms with Gasteiger partial charge in [-0.1, -0.05) is 12.1 Å². The quantitative estimate of drug-likeness (QED) is 0.844. The average Bonchev–Trinajstić information content (AvgIpc) is 2.45. The molecule has 0 spiro atoms. The molecule has 5 nitrogen and oxygen atoms in total. The van der Waals surface area contributed by atoms with Gasteiger partial charge in [0, 0.05) is 31.9 Å². The van der Waals surface area contributed by atoms with Crippen molar-refractivity contribution in [3.8, 4) is 5.75 Å². The van der Waals surface area contributed by atoms with Crippen LogP contribution in [-0.4, -0.2) is 34.9 Å². The zero-order chi connectivity index (χ0) is 14.7. The summed E-state index contributed by atoms with van der Waals surface area (Å²) in [7, 11) is 0. The number of nitrogens with zero attached hydrogens (tertiary/aromatic N) is 2. The van der Waals surface area contributed by atoms with Crippen LogP contribution in [0.1, 0.15) is 21.7 Å². The number of ketones is 1. The molecule has 2 heterocycles. The number of ether oxygens (including phenoxy) is 1. The first-order valence-electron chi connectivity index (χ1n) is 6.99. The van der Waals surface area contributed by atoms with E-state index >= 15 is 0 Å². The molecule has 2 aromatic rings. The highest BCUT2D eigenvalue weighted by atomic mass is 16.5.